The van der Waals surface area contributed by atoms with E-state index >= 15 is 8.78 Å². The number of aliphatic imine (C=N–C) groups is 3. The van der Waals surface area contributed by atoms with Crippen LogP contribution in [0.3, 0.4) is 0 Å². The van der Waals surface area contributed by atoms with Crippen molar-refractivity contribution in [2.45, 2.75) is 108 Å². The summed E-state index contributed by atoms with van der Waals surface area (Å²) in [4.78, 5) is 27.1. The highest BCUT2D eigenvalue weighted by Gasteiger charge is 2.67. The van der Waals surface area contributed by atoms with E-state index < -0.39 is 62.4 Å². The molecule has 3 heterocycles. The quantitative estimate of drug-likeness (QED) is 0.264. The van der Waals surface area contributed by atoms with Crippen LogP contribution in [0, 0.1) is 0 Å². The maximum absolute atomic E-state index is 16.4. The summed E-state index contributed by atoms with van der Waals surface area (Å²) in [6.07, 6.45) is 0.394. The normalized spacial score (nSPS) is 33.5. The Kier molecular flexibility index (Phi) is 9.95. The molecule has 0 radical (unpaired) electrons. The van der Waals surface area contributed by atoms with Crippen molar-refractivity contribution in [2.75, 3.05) is 13.2 Å². The summed E-state index contributed by atoms with van der Waals surface area (Å²) in [5.74, 6) is -3.19. The molecule has 2 N–H and O–H groups in total. The lowest BCUT2D eigenvalue weighted by atomic mass is 9.96. The van der Waals surface area contributed by atoms with Gasteiger partial charge >= 0.3 is 13.7 Å². The molecule has 0 bridgehead atoms. The highest BCUT2D eigenvalue weighted by Crippen LogP contribution is 2.50. The minimum absolute atomic E-state index is 0.0896. The molecule has 16 heteroatoms. The van der Waals surface area contributed by atoms with E-state index in [0.29, 0.717) is 12.4 Å². The van der Waals surface area contributed by atoms with Gasteiger partial charge in [0.05, 0.1) is 12.9 Å². The van der Waals surface area contributed by atoms with Crippen molar-refractivity contribution in [3.05, 3.63) is 30.3 Å². The fraction of sp³-hybridized carbons (Fsp3) is 0.655. The minimum Gasteiger partial charge on any atom is -0.479 e. The molecule has 4 aliphatic rings. The van der Waals surface area contributed by atoms with Crippen LogP contribution in [0.1, 0.15) is 59.8 Å². The number of fused-ring (bicyclic) bond motifs is 1. The lowest BCUT2D eigenvalue weighted by Gasteiger charge is -2.35. The Hall–Kier alpha value is -2.97. The highest BCUT2D eigenvalue weighted by molar-refractivity contribution is 7.52. The molecule has 45 heavy (non-hydrogen) atoms. The number of halogens is 2. The first-order chi connectivity index (χ1) is 21.3. The number of benzene rings is 1. The van der Waals surface area contributed by atoms with E-state index in [-0.39, 0.29) is 17.8 Å². The second-order valence-electron chi connectivity index (χ2n) is 11.7. The van der Waals surface area contributed by atoms with E-state index in [2.05, 4.69) is 20.1 Å². The predicted octanol–water partition coefficient (Wildman–Crippen LogP) is 4.06. The molecule has 5 rings (SSSR count). The molecule has 1 aromatic carbocycles. The van der Waals surface area contributed by atoms with Crippen LogP contribution in [0.2, 0.25) is 0 Å². The van der Waals surface area contributed by atoms with Crippen molar-refractivity contribution in [1.82, 2.24) is 9.99 Å². The fourth-order valence-corrected chi connectivity index (χ4v) is 7.21. The number of aliphatic hydroxyl groups excluding tert-OH is 1. The fourth-order valence-electron chi connectivity index (χ4n) is 5.71. The molecular weight excluding hydrogens is 615 g/mol. The first-order valence-electron chi connectivity index (χ1n) is 15.1. The van der Waals surface area contributed by atoms with Crippen LogP contribution < -0.4 is 9.61 Å². The third-order valence-corrected chi connectivity index (χ3v) is 9.65. The average molecular weight is 656 g/mol. The van der Waals surface area contributed by atoms with Gasteiger partial charge in [0.25, 0.3) is 5.85 Å². The molecule has 1 saturated carbocycles. The lowest BCUT2D eigenvalue weighted by Crippen LogP contribution is -2.54. The van der Waals surface area contributed by atoms with E-state index in [1.807, 2.05) is 0 Å². The number of ether oxygens (including phenoxy) is 3. The van der Waals surface area contributed by atoms with E-state index in [1.54, 1.807) is 32.0 Å². The number of para-hydroxylation sites is 1. The zero-order valence-electron chi connectivity index (χ0n) is 25.7. The van der Waals surface area contributed by atoms with Crippen molar-refractivity contribution in [2.24, 2.45) is 15.0 Å². The number of hydrogen-bond acceptors (Lipinski definition) is 12. The summed E-state index contributed by atoms with van der Waals surface area (Å²) in [7, 11) is -4.56. The standard InChI is InChI=1S/C29H40F2N5O8P/c1-5-40-24-22-23(33-19(3)34-24)36(17-32-22)27-28(4,30)26(38)29(31,43-27)16-41-45(39,44-21-14-10-7-11-15-21)35-18(2)25(37)42-20-12-8-6-9-13-20/h7,10-11,14-15,17-18,20,22-23,26-27,38H,5-6,8-9,12-13,16H2,1-4H3,(H,35,39)/t18?,22?,23?,26-,27+,28+,29+,45?/m0/s1. The third-order valence-electron chi connectivity index (χ3n) is 8.03. The van der Waals surface area contributed by atoms with Gasteiger partial charge in [0, 0.05) is 0 Å². The molecule has 1 aromatic rings. The van der Waals surface area contributed by atoms with Crippen molar-refractivity contribution in [3.63, 3.8) is 0 Å². The second-order valence-corrected chi connectivity index (χ2v) is 13.4. The van der Waals surface area contributed by atoms with Crippen LogP contribution in [0.25, 0.3) is 0 Å². The van der Waals surface area contributed by atoms with Crippen molar-refractivity contribution in [1.29, 1.82) is 0 Å². The van der Waals surface area contributed by atoms with Gasteiger partial charge in [-0.1, -0.05) is 24.6 Å². The summed E-state index contributed by atoms with van der Waals surface area (Å²) in [5.41, 5.74) is -2.71. The van der Waals surface area contributed by atoms with Crippen LogP contribution >= 0.6 is 7.75 Å². The molecular formula is C29H40F2N5O8P. The molecule has 0 spiro atoms. The summed E-state index contributed by atoms with van der Waals surface area (Å²) in [6, 6.07) is 5.99. The maximum Gasteiger partial charge on any atom is 0.459 e. The lowest BCUT2D eigenvalue weighted by molar-refractivity contribution is -0.208. The van der Waals surface area contributed by atoms with Crippen molar-refractivity contribution < 1.29 is 46.5 Å². The number of amidine groups is 1. The van der Waals surface area contributed by atoms with Gasteiger partial charge in [-0.25, -0.2) is 23.3 Å². The van der Waals surface area contributed by atoms with Gasteiger partial charge in [0.15, 0.2) is 30.2 Å². The number of carbonyl (C=O) groups excluding carboxylic acids is 1. The maximum atomic E-state index is 16.4. The van der Waals surface area contributed by atoms with Gasteiger partial charge in [-0.2, -0.15) is 5.09 Å². The molecule has 1 saturated heterocycles. The number of esters is 1. The van der Waals surface area contributed by atoms with Crippen LogP contribution in [-0.2, 0) is 28.1 Å². The smallest absolute Gasteiger partial charge is 0.459 e. The number of alkyl halides is 2. The minimum atomic E-state index is -4.56. The number of rotatable bonds is 11. The van der Waals surface area contributed by atoms with Gasteiger partial charge < -0.3 is 28.7 Å². The van der Waals surface area contributed by atoms with Gasteiger partial charge in [-0.15, -0.1) is 0 Å². The summed E-state index contributed by atoms with van der Waals surface area (Å²) >= 11 is 0. The summed E-state index contributed by atoms with van der Waals surface area (Å²) < 4.78 is 74.2. The Morgan fingerprint density at radius 2 is 1.96 bits per heavy atom. The molecule has 13 nitrogen and oxygen atoms in total. The first-order valence-corrected chi connectivity index (χ1v) is 16.7. The Morgan fingerprint density at radius 3 is 2.64 bits per heavy atom. The topological polar surface area (TPSA) is 153 Å². The molecule has 0 aromatic heterocycles. The predicted molar refractivity (Wildman–Crippen MR) is 160 cm³/mol. The van der Waals surface area contributed by atoms with E-state index in [4.69, 9.17) is 23.3 Å². The Bertz CT molecular complexity index is 1360. The Labute approximate surface area is 260 Å². The SMILES string of the molecule is CCOC1=NC(C)=NC2C1N=CN2[C@@H]1O[C@](F)(COP(=O)(NC(C)C(=O)OC2CCCCC2)Oc2ccccc2)[C@@H](O)[C@@]1(C)F. The Morgan fingerprint density at radius 1 is 1.24 bits per heavy atom. The highest BCUT2D eigenvalue weighted by atomic mass is 31.2. The van der Waals surface area contributed by atoms with Crippen LogP contribution in [-0.4, -0.2) is 95.5 Å². The number of nitrogens with zero attached hydrogens (tertiary/aromatic N) is 4. The van der Waals surface area contributed by atoms with Crippen molar-refractivity contribution >= 4 is 31.8 Å². The zero-order valence-corrected chi connectivity index (χ0v) is 26.6. The second kappa shape index (κ2) is 13.4. The van der Waals surface area contributed by atoms with Gasteiger partial charge in [-0.05, 0) is 65.5 Å². The van der Waals surface area contributed by atoms with Crippen LogP contribution in [0.4, 0.5) is 8.78 Å². The molecule has 248 valence electrons. The monoisotopic (exact) mass is 655 g/mol. The van der Waals surface area contributed by atoms with Crippen molar-refractivity contribution in [3.8, 4) is 5.75 Å². The van der Waals surface area contributed by atoms with Crippen LogP contribution in [0.15, 0.2) is 45.3 Å². The third kappa shape index (κ3) is 7.22. The van der Waals surface area contributed by atoms with E-state index in [1.165, 1.54) is 30.3 Å². The van der Waals surface area contributed by atoms with E-state index in [9.17, 15) is 14.5 Å². The molecule has 2 fully saturated rings. The Balaban J connectivity index is 1.31. The summed E-state index contributed by atoms with van der Waals surface area (Å²) in [6.45, 7) is 4.87. The zero-order chi connectivity index (χ0) is 32.4. The number of hydrogen-bond donors (Lipinski definition) is 2. The molecule has 3 aliphatic heterocycles. The molecule has 1 aliphatic carbocycles. The van der Waals surface area contributed by atoms with Gasteiger partial charge in [0.1, 0.15) is 30.3 Å². The average Bonchev–Trinajstić information content (AvgIpc) is 3.50. The number of aliphatic hydroxyl groups is 1. The summed E-state index contributed by atoms with van der Waals surface area (Å²) in [5, 5.41) is 13.4. The number of nitrogens with one attached hydrogen (secondary N) is 1. The van der Waals surface area contributed by atoms with Gasteiger partial charge in [0.2, 0.25) is 5.90 Å². The van der Waals surface area contributed by atoms with E-state index in [0.717, 1.165) is 39.0 Å². The van der Waals surface area contributed by atoms with Gasteiger partial charge in [-0.3, -0.25) is 14.3 Å². The molecule has 0 amide bonds. The molecule has 8 atom stereocenters. The van der Waals surface area contributed by atoms with Crippen LogP contribution in [0.5, 0.6) is 5.75 Å². The number of carbonyl (C=O) groups is 1. The largest absolute Gasteiger partial charge is 0.479 e. The molecule has 4 unspecified atom stereocenters. The first kappa shape index (κ1) is 33.4.